The van der Waals surface area contributed by atoms with Gasteiger partial charge in [-0.3, -0.25) is 0 Å². The van der Waals surface area contributed by atoms with Gasteiger partial charge in [-0.15, -0.1) is 0 Å². The fourth-order valence-electron chi connectivity index (χ4n) is 2.95. The highest BCUT2D eigenvalue weighted by atomic mass is 14.9. The minimum atomic E-state index is 0.587. The minimum Gasteiger partial charge on any atom is -0.310 e. The molecule has 1 aromatic carbocycles. The third-order valence-electron chi connectivity index (χ3n) is 4.44. The fourth-order valence-corrected chi connectivity index (χ4v) is 2.95. The minimum absolute atomic E-state index is 0.587. The summed E-state index contributed by atoms with van der Waals surface area (Å²) in [4.78, 5) is 0. The normalized spacial score (nSPS) is 16.9. The summed E-state index contributed by atoms with van der Waals surface area (Å²) in [6.07, 6.45) is 4.01. The summed E-state index contributed by atoms with van der Waals surface area (Å²) in [5.74, 6) is 0.871. The largest absolute Gasteiger partial charge is 0.310 e. The Labute approximate surface area is 112 Å². The molecule has 0 aliphatic heterocycles. The second kappa shape index (κ2) is 5.44. The predicted molar refractivity (Wildman–Crippen MR) is 79.1 cm³/mol. The molecule has 1 aliphatic carbocycles. The van der Waals surface area contributed by atoms with Crippen LogP contribution in [0.5, 0.6) is 0 Å². The molecule has 0 amide bonds. The van der Waals surface area contributed by atoms with Gasteiger partial charge >= 0.3 is 0 Å². The SMILES string of the molecule is CCCNC(c1c(C)c(C)cc(C)c1C)C1CC1. The van der Waals surface area contributed by atoms with Crippen molar-refractivity contribution >= 4 is 0 Å². The van der Waals surface area contributed by atoms with Gasteiger partial charge in [0.1, 0.15) is 0 Å². The molecule has 1 fully saturated rings. The van der Waals surface area contributed by atoms with Crippen molar-refractivity contribution in [3.8, 4) is 0 Å². The first-order valence-corrected chi connectivity index (χ1v) is 7.37. The van der Waals surface area contributed by atoms with Crippen LogP contribution in [0.4, 0.5) is 0 Å². The summed E-state index contributed by atoms with van der Waals surface area (Å²) in [5.41, 5.74) is 7.47. The van der Waals surface area contributed by atoms with Crippen LogP contribution in [-0.2, 0) is 0 Å². The Morgan fingerprint density at radius 3 is 2.11 bits per heavy atom. The highest BCUT2D eigenvalue weighted by molar-refractivity contribution is 5.46. The zero-order valence-electron chi connectivity index (χ0n) is 12.6. The van der Waals surface area contributed by atoms with Crippen molar-refractivity contribution in [2.75, 3.05) is 6.54 Å². The molecule has 1 nitrogen and oxygen atoms in total. The summed E-state index contributed by atoms with van der Waals surface area (Å²) in [6, 6.07) is 2.92. The monoisotopic (exact) mass is 245 g/mol. The van der Waals surface area contributed by atoms with Gasteiger partial charge in [-0.25, -0.2) is 0 Å². The van der Waals surface area contributed by atoms with E-state index >= 15 is 0 Å². The molecule has 0 aromatic heterocycles. The van der Waals surface area contributed by atoms with Crippen molar-refractivity contribution in [2.24, 2.45) is 5.92 Å². The number of aryl methyl sites for hydroxylation is 2. The number of rotatable bonds is 5. The van der Waals surface area contributed by atoms with Gasteiger partial charge in [-0.2, -0.15) is 0 Å². The average molecular weight is 245 g/mol. The lowest BCUT2D eigenvalue weighted by Crippen LogP contribution is -2.26. The molecule has 1 unspecified atom stereocenters. The first kappa shape index (κ1) is 13.6. The van der Waals surface area contributed by atoms with Crippen molar-refractivity contribution in [3.63, 3.8) is 0 Å². The van der Waals surface area contributed by atoms with Crippen molar-refractivity contribution in [2.45, 2.75) is 59.9 Å². The molecule has 0 spiro atoms. The van der Waals surface area contributed by atoms with Crippen LogP contribution < -0.4 is 5.32 Å². The van der Waals surface area contributed by atoms with Crippen molar-refractivity contribution in [1.82, 2.24) is 5.32 Å². The molecule has 2 rings (SSSR count). The van der Waals surface area contributed by atoms with Crippen LogP contribution in [0, 0.1) is 33.6 Å². The molecule has 0 bridgehead atoms. The van der Waals surface area contributed by atoms with Crippen LogP contribution in [0.2, 0.25) is 0 Å². The maximum atomic E-state index is 3.78. The van der Waals surface area contributed by atoms with Gasteiger partial charge in [0.05, 0.1) is 0 Å². The topological polar surface area (TPSA) is 12.0 Å². The number of hydrogen-bond donors (Lipinski definition) is 1. The first-order valence-electron chi connectivity index (χ1n) is 7.37. The summed E-state index contributed by atoms with van der Waals surface area (Å²) in [7, 11) is 0. The quantitative estimate of drug-likeness (QED) is 0.812. The highest BCUT2D eigenvalue weighted by Crippen LogP contribution is 2.43. The lowest BCUT2D eigenvalue weighted by Gasteiger charge is -2.25. The maximum absolute atomic E-state index is 3.78. The van der Waals surface area contributed by atoms with E-state index in [0.717, 1.165) is 12.5 Å². The Morgan fingerprint density at radius 2 is 1.67 bits per heavy atom. The van der Waals surface area contributed by atoms with Gasteiger partial charge in [-0.1, -0.05) is 13.0 Å². The van der Waals surface area contributed by atoms with Gasteiger partial charge in [-0.05, 0) is 87.2 Å². The molecule has 18 heavy (non-hydrogen) atoms. The molecule has 0 radical (unpaired) electrons. The van der Waals surface area contributed by atoms with E-state index < -0.39 is 0 Å². The third-order valence-corrected chi connectivity index (χ3v) is 4.44. The number of nitrogens with one attached hydrogen (secondary N) is 1. The van der Waals surface area contributed by atoms with Crippen LogP contribution in [0.3, 0.4) is 0 Å². The molecular formula is C17H27N. The van der Waals surface area contributed by atoms with E-state index in [0.29, 0.717) is 6.04 Å². The molecule has 1 saturated carbocycles. The molecule has 1 N–H and O–H groups in total. The molecule has 1 atom stereocenters. The lowest BCUT2D eigenvalue weighted by molar-refractivity contribution is 0.477. The second-order valence-corrected chi connectivity index (χ2v) is 5.94. The molecule has 0 saturated heterocycles. The van der Waals surface area contributed by atoms with Crippen LogP contribution in [-0.4, -0.2) is 6.54 Å². The van der Waals surface area contributed by atoms with E-state index in [2.05, 4.69) is 46.0 Å². The standard InChI is InChI=1S/C17H27N/c1-6-9-18-17(15-7-8-15)16-13(4)11(2)10-12(3)14(16)5/h10,15,17-18H,6-9H2,1-5H3. The zero-order valence-corrected chi connectivity index (χ0v) is 12.6. The van der Waals surface area contributed by atoms with E-state index in [1.165, 1.54) is 41.5 Å². The lowest BCUT2D eigenvalue weighted by atomic mass is 9.88. The Hall–Kier alpha value is -0.820. The summed E-state index contributed by atoms with van der Waals surface area (Å²) in [5, 5.41) is 3.78. The molecular weight excluding hydrogens is 218 g/mol. The van der Waals surface area contributed by atoms with E-state index in [4.69, 9.17) is 0 Å². The smallest absolute Gasteiger partial charge is 0.0354 e. The summed E-state index contributed by atoms with van der Waals surface area (Å²) < 4.78 is 0. The Kier molecular flexibility index (Phi) is 4.11. The number of benzene rings is 1. The van der Waals surface area contributed by atoms with E-state index in [1.807, 2.05) is 0 Å². The molecule has 1 heteroatoms. The first-order chi connectivity index (χ1) is 8.56. The second-order valence-electron chi connectivity index (χ2n) is 5.94. The van der Waals surface area contributed by atoms with Gasteiger partial charge in [0.25, 0.3) is 0 Å². The average Bonchev–Trinajstić information content (AvgIpc) is 3.15. The van der Waals surface area contributed by atoms with Crippen LogP contribution in [0.15, 0.2) is 6.07 Å². The van der Waals surface area contributed by atoms with Crippen LogP contribution in [0.25, 0.3) is 0 Å². The van der Waals surface area contributed by atoms with Crippen molar-refractivity contribution in [1.29, 1.82) is 0 Å². The Bertz CT molecular complexity index is 403. The third kappa shape index (κ3) is 2.61. The predicted octanol–water partition coefficient (Wildman–Crippen LogP) is 4.37. The molecule has 1 aromatic rings. The van der Waals surface area contributed by atoms with Gasteiger partial charge in [0.2, 0.25) is 0 Å². The van der Waals surface area contributed by atoms with Crippen LogP contribution >= 0.6 is 0 Å². The Morgan fingerprint density at radius 1 is 1.11 bits per heavy atom. The highest BCUT2D eigenvalue weighted by Gasteiger charge is 2.33. The van der Waals surface area contributed by atoms with Gasteiger partial charge < -0.3 is 5.32 Å². The van der Waals surface area contributed by atoms with E-state index in [9.17, 15) is 0 Å². The summed E-state index contributed by atoms with van der Waals surface area (Å²) >= 11 is 0. The number of hydrogen-bond acceptors (Lipinski definition) is 1. The van der Waals surface area contributed by atoms with Crippen LogP contribution in [0.1, 0.15) is 60.0 Å². The fraction of sp³-hybridized carbons (Fsp3) is 0.647. The molecule has 0 heterocycles. The van der Waals surface area contributed by atoms with Gasteiger partial charge in [0, 0.05) is 6.04 Å². The van der Waals surface area contributed by atoms with E-state index in [-0.39, 0.29) is 0 Å². The summed E-state index contributed by atoms with van der Waals surface area (Å²) in [6.45, 7) is 12.5. The molecule has 100 valence electrons. The maximum Gasteiger partial charge on any atom is 0.0354 e. The zero-order chi connectivity index (χ0) is 13.3. The van der Waals surface area contributed by atoms with E-state index in [1.54, 1.807) is 5.56 Å². The molecule has 1 aliphatic rings. The van der Waals surface area contributed by atoms with Crippen molar-refractivity contribution in [3.05, 3.63) is 33.9 Å². The Balaban J connectivity index is 2.39. The van der Waals surface area contributed by atoms with Crippen molar-refractivity contribution < 1.29 is 0 Å². The van der Waals surface area contributed by atoms with Gasteiger partial charge in [0.15, 0.2) is 0 Å².